The fraction of sp³-hybridized carbons (Fsp3) is 0.273. The molecule has 0 bridgehead atoms. The number of carbonyl (C=O) groups is 1. The van der Waals surface area contributed by atoms with Gasteiger partial charge in [0.1, 0.15) is 11.5 Å². The van der Waals surface area contributed by atoms with E-state index in [2.05, 4.69) is 15.6 Å². The summed E-state index contributed by atoms with van der Waals surface area (Å²) in [6.45, 7) is 4.89. The Hall–Kier alpha value is -3.68. The number of carbonyl (C=O) groups excluding carboxylic acids is 1. The first-order chi connectivity index (χ1) is 14.5. The Balaban J connectivity index is 1.82. The topological polar surface area (TPSA) is 106 Å². The van der Waals surface area contributed by atoms with Crippen molar-refractivity contribution in [1.29, 1.82) is 0 Å². The highest BCUT2D eigenvalue weighted by atomic mass is 16.5. The fourth-order valence-corrected chi connectivity index (χ4v) is 2.92. The minimum absolute atomic E-state index is 0.0123. The van der Waals surface area contributed by atoms with Gasteiger partial charge in [0.05, 0.1) is 18.2 Å². The molecule has 0 aliphatic carbocycles. The first-order valence-corrected chi connectivity index (χ1v) is 9.84. The van der Waals surface area contributed by atoms with Gasteiger partial charge in [-0.05, 0) is 31.0 Å². The number of aromatic nitrogens is 2. The van der Waals surface area contributed by atoms with E-state index in [4.69, 9.17) is 4.74 Å². The van der Waals surface area contributed by atoms with Crippen LogP contribution in [0, 0.1) is 0 Å². The summed E-state index contributed by atoms with van der Waals surface area (Å²) in [5, 5.41) is 19.1. The zero-order chi connectivity index (χ0) is 21.5. The van der Waals surface area contributed by atoms with Gasteiger partial charge in [-0.25, -0.2) is 10.1 Å². The Bertz CT molecular complexity index is 1140. The lowest BCUT2D eigenvalue weighted by molar-refractivity contribution is 0.0949. The molecule has 8 heteroatoms. The molecule has 0 saturated carbocycles. The molecule has 0 unspecified atom stereocenters. The number of fused-ring (bicyclic) bond motifs is 1. The van der Waals surface area contributed by atoms with Crippen LogP contribution in [0.5, 0.6) is 11.5 Å². The summed E-state index contributed by atoms with van der Waals surface area (Å²) in [7, 11) is 0. The molecule has 156 valence electrons. The van der Waals surface area contributed by atoms with Crippen molar-refractivity contribution < 1.29 is 14.6 Å². The van der Waals surface area contributed by atoms with E-state index in [-0.39, 0.29) is 17.0 Å². The summed E-state index contributed by atoms with van der Waals surface area (Å²) in [6.07, 6.45) is 2.91. The molecule has 2 N–H and O–H groups in total. The second kappa shape index (κ2) is 9.69. The highest BCUT2D eigenvalue weighted by molar-refractivity contribution is 6.05. The van der Waals surface area contributed by atoms with Crippen molar-refractivity contribution in [3.63, 3.8) is 0 Å². The Morgan fingerprint density at radius 1 is 1.20 bits per heavy atom. The van der Waals surface area contributed by atoms with E-state index in [1.54, 1.807) is 36.4 Å². The second-order valence-electron chi connectivity index (χ2n) is 6.69. The van der Waals surface area contributed by atoms with E-state index in [9.17, 15) is 14.7 Å². The minimum atomic E-state index is -0.547. The molecule has 1 amide bonds. The van der Waals surface area contributed by atoms with E-state index in [0.717, 1.165) is 6.42 Å². The molecule has 0 fully saturated rings. The number of hydrazone groups is 1. The first-order valence-electron chi connectivity index (χ1n) is 9.84. The zero-order valence-corrected chi connectivity index (χ0v) is 17.0. The maximum absolute atomic E-state index is 12.7. The van der Waals surface area contributed by atoms with Crippen molar-refractivity contribution in [2.24, 2.45) is 5.10 Å². The normalized spacial score (nSPS) is 11.1. The molecular formula is C22H24N4O4. The lowest BCUT2D eigenvalue weighted by atomic mass is 10.1. The predicted octanol–water partition coefficient (Wildman–Crippen LogP) is 3.06. The number of nitrogens with zero attached hydrogens (tertiary/aromatic N) is 3. The molecule has 1 aromatic heterocycles. The van der Waals surface area contributed by atoms with Crippen LogP contribution in [0.1, 0.15) is 42.7 Å². The third-order valence-electron chi connectivity index (χ3n) is 4.36. The molecule has 0 saturated heterocycles. The largest absolute Gasteiger partial charge is 0.507 e. The van der Waals surface area contributed by atoms with Crippen LogP contribution in [0.15, 0.2) is 52.4 Å². The Morgan fingerprint density at radius 2 is 1.97 bits per heavy atom. The molecule has 8 nitrogen and oxygen atoms in total. The maximum atomic E-state index is 12.7. The van der Waals surface area contributed by atoms with Gasteiger partial charge in [-0.3, -0.25) is 9.59 Å². The van der Waals surface area contributed by atoms with Crippen LogP contribution < -0.4 is 15.7 Å². The zero-order valence-electron chi connectivity index (χ0n) is 17.0. The van der Waals surface area contributed by atoms with Gasteiger partial charge in [-0.2, -0.15) is 10.2 Å². The standard InChI is InChI=1S/C22H24N4O4/c1-3-11-26-22(29)18-8-6-5-7-17(18)20(25-26)21(28)24-23-14-15-9-10-16(13-19(15)27)30-12-4-2/h5-10,13-14,27H,3-4,11-12H2,1-2H3,(H,24,28)/b23-14+. The molecule has 2 aromatic carbocycles. The Morgan fingerprint density at radius 3 is 2.67 bits per heavy atom. The summed E-state index contributed by atoms with van der Waals surface area (Å²) >= 11 is 0. The van der Waals surface area contributed by atoms with Crippen molar-refractivity contribution in [2.45, 2.75) is 33.2 Å². The van der Waals surface area contributed by atoms with Gasteiger partial charge in [0.2, 0.25) is 0 Å². The Kier molecular flexibility index (Phi) is 6.79. The number of aromatic hydroxyl groups is 1. The summed E-state index contributed by atoms with van der Waals surface area (Å²) in [5.41, 5.74) is 2.72. The number of hydrogen-bond donors (Lipinski definition) is 2. The quantitative estimate of drug-likeness (QED) is 0.440. The molecule has 0 radical (unpaired) electrons. The van der Waals surface area contributed by atoms with Crippen molar-refractivity contribution in [2.75, 3.05) is 6.61 Å². The molecule has 0 spiro atoms. The summed E-state index contributed by atoms with van der Waals surface area (Å²) in [5.74, 6) is 0.000695. The van der Waals surface area contributed by atoms with E-state index in [1.165, 1.54) is 17.0 Å². The van der Waals surface area contributed by atoms with Crippen LogP contribution in [0.2, 0.25) is 0 Å². The van der Waals surface area contributed by atoms with Crippen LogP contribution in [0.4, 0.5) is 0 Å². The number of phenolic OH excluding ortho intramolecular Hbond substituents is 1. The molecule has 1 heterocycles. The average Bonchev–Trinajstić information content (AvgIpc) is 2.75. The number of amides is 1. The van der Waals surface area contributed by atoms with Crippen molar-refractivity contribution >= 4 is 22.9 Å². The van der Waals surface area contributed by atoms with Gasteiger partial charge in [-0.1, -0.05) is 32.0 Å². The third kappa shape index (κ3) is 4.65. The van der Waals surface area contributed by atoms with Crippen LogP contribution in [-0.4, -0.2) is 33.6 Å². The molecule has 30 heavy (non-hydrogen) atoms. The SMILES string of the molecule is CCCOc1ccc(/C=N/NC(=O)c2nn(CCC)c(=O)c3ccccc23)c(O)c1. The van der Waals surface area contributed by atoms with E-state index >= 15 is 0 Å². The number of rotatable bonds is 8. The van der Waals surface area contributed by atoms with Crippen molar-refractivity contribution in [1.82, 2.24) is 15.2 Å². The fourth-order valence-electron chi connectivity index (χ4n) is 2.92. The number of aryl methyl sites for hydroxylation is 1. The third-order valence-corrected chi connectivity index (χ3v) is 4.36. The number of phenols is 1. The van der Waals surface area contributed by atoms with Crippen LogP contribution in [0.25, 0.3) is 10.8 Å². The van der Waals surface area contributed by atoms with Crippen molar-refractivity contribution in [3.05, 3.63) is 64.1 Å². The van der Waals surface area contributed by atoms with Gasteiger partial charge in [0.25, 0.3) is 11.5 Å². The molecule has 3 rings (SSSR count). The summed E-state index contributed by atoms with van der Waals surface area (Å²) in [4.78, 5) is 25.2. The van der Waals surface area contributed by atoms with Gasteiger partial charge in [-0.15, -0.1) is 0 Å². The van der Waals surface area contributed by atoms with Gasteiger partial charge >= 0.3 is 0 Å². The number of hydrogen-bond acceptors (Lipinski definition) is 6. The van der Waals surface area contributed by atoms with E-state index in [0.29, 0.717) is 41.7 Å². The highest BCUT2D eigenvalue weighted by Crippen LogP contribution is 2.22. The molecule has 0 aliphatic rings. The number of nitrogens with one attached hydrogen (secondary N) is 1. The monoisotopic (exact) mass is 408 g/mol. The number of benzene rings is 2. The Labute approximate surface area is 173 Å². The summed E-state index contributed by atoms with van der Waals surface area (Å²) in [6, 6.07) is 11.7. The first kappa shape index (κ1) is 21.0. The van der Waals surface area contributed by atoms with Crippen LogP contribution in [0.3, 0.4) is 0 Å². The van der Waals surface area contributed by atoms with Crippen LogP contribution >= 0.6 is 0 Å². The molecular weight excluding hydrogens is 384 g/mol. The van der Waals surface area contributed by atoms with Crippen LogP contribution in [-0.2, 0) is 6.54 Å². The lowest BCUT2D eigenvalue weighted by Crippen LogP contribution is -2.29. The van der Waals surface area contributed by atoms with Gasteiger partial charge in [0, 0.05) is 23.6 Å². The van der Waals surface area contributed by atoms with Gasteiger partial charge < -0.3 is 9.84 Å². The van der Waals surface area contributed by atoms with E-state index in [1.807, 2.05) is 13.8 Å². The minimum Gasteiger partial charge on any atom is -0.507 e. The molecule has 3 aromatic rings. The smallest absolute Gasteiger partial charge is 0.292 e. The predicted molar refractivity (Wildman–Crippen MR) is 115 cm³/mol. The highest BCUT2D eigenvalue weighted by Gasteiger charge is 2.16. The second-order valence-corrected chi connectivity index (χ2v) is 6.69. The van der Waals surface area contributed by atoms with E-state index < -0.39 is 5.91 Å². The lowest BCUT2D eigenvalue weighted by Gasteiger charge is -2.09. The molecule has 0 atom stereocenters. The average molecular weight is 408 g/mol. The van der Waals surface area contributed by atoms with Gasteiger partial charge in [0.15, 0.2) is 5.69 Å². The number of ether oxygens (including phenoxy) is 1. The molecule has 0 aliphatic heterocycles. The maximum Gasteiger partial charge on any atom is 0.292 e. The summed E-state index contributed by atoms with van der Waals surface area (Å²) < 4.78 is 6.76. The van der Waals surface area contributed by atoms with Crippen molar-refractivity contribution in [3.8, 4) is 11.5 Å².